The average molecular weight is 298 g/mol. The van der Waals surface area contributed by atoms with E-state index in [0.29, 0.717) is 5.92 Å². The van der Waals surface area contributed by atoms with Crippen molar-refractivity contribution in [2.24, 2.45) is 11.8 Å². The maximum atomic E-state index is 13.2. The fraction of sp³-hybridized carbons (Fsp3) is 0.647. The van der Waals surface area contributed by atoms with E-state index in [2.05, 4.69) is 26.1 Å². The van der Waals surface area contributed by atoms with Crippen LogP contribution in [0.2, 0.25) is 5.02 Å². The predicted molar refractivity (Wildman–Crippen MR) is 83.7 cm³/mol. The van der Waals surface area contributed by atoms with Gasteiger partial charge in [0.2, 0.25) is 0 Å². The Bertz CT molecular complexity index is 453. The molecule has 1 nitrogen and oxygen atoms in total. The zero-order valence-electron chi connectivity index (χ0n) is 12.7. The minimum Gasteiger partial charge on any atom is -0.312 e. The van der Waals surface area contributed by atoms with Gasteiger partial charge < -0.3 is 5.32 Å². The molecule has 0 spiro atoms. The largest absolute Gasteiger partial charge is 0.312 e. The molecular weight excluding hydrogens is 273 g/mol. The molecule has 1 aromatic rings. The monoisotopic (exact) mass is 297 g/mol. The molecule has 0 heterocycles. The summed E-state index contributed by atoms with van der Waals surface area (Å²) in [5.41, 5.74) is 1.33. The molecule has 1 N–H and O–H groups in total. The van der Waals surface area contributed by atoms with Crippen LogP contribution in [0.4, 0.5) is 4.39 Å². The minimum atomic E-state index is -0.326. The van der Waals surface area contributed by atoms with Gasteiger partial charge in [-0.15, -0.1) is 0 Å². The summed E-state index contributed by atoms with van der Waals surface area (Å²) >= 11 is 5.87. The molecule has 1 fully saturated rings. The van der Waals surface area contributed by atoms with Crippen LogP contribution in [0.1, 0.15) is 45.6 Å². The summed E-state index contributed by atoms with van der Waals surface area (Å²) in [5, 5.41) is 3.85. The highest BCUT2D eigenvalue weighted by Gasteiger charge is 2.28. The third kappa shape index (κ3) is 4.46. The van der Waals surface area contributed by atoms with Crippen molar-refractivity contribution in [1.82, 2.24) is 5.32 Å². The lowest BCUT2D eigenvalue weighted by Gasteiger charge is -2.26. The smallest absolute Gasteiger partial charge is 0.141 e. The first-order chi connectivity index (χ1) is 9.35. The van der Waals surface area contributed by atoms with Gasteiger partial charge in [0.05, 0.1) is 5.02 Å². The van der Waals surface area contributed by atoms with Gasteiger partial charge in [0.1, 0.15) is 5.82 Å². The van der Waals surface area contributed by atoms with E-state index in [-0.39, 0.29) is 16.4 Å². The van der Waals surface area contributed by atoms with Crippen molar-refractivity contribution in [2.45, 2.75) is 52.0 Å². The van der Waals surface area contributed by atoms with E-state index in [1.54, 1.807) is 6.07 Å². The highest BCUT2D eigenvalue weighted by Crippen LogP contribution is 2.34. The first-order valence-electron chi connectivity index (χ1n) is 7.54. The summed E-state index contributed by atoms with van der Waals surface area (Å²) in [6.07, 6.45) is 4.88. The van der Waals surface area contributed by atoms with Crippen LogP contribution >= 0.6 is 11.6 Å². The lowest BCUT2D eigenvalue weighted by atomic mass is 9.89. The molecule has 2 unspecified atom stereocenters. The first-order valence-corrected chi connectivity index (χ1v) is 7.92. The molecule has 1 aliphatic carbocycles. The van der Waals surface area contributed by atoms with Gasteiger partial charge in [-0.3, -0.25) is 0 Å². The number of nitrogens with one attached hydrogen (secondary N) is 1. The zero-order chi connectivity index (χ0) is 14.8. The summed E-state index contributed by atoms with van der Waals surface area (Å²) in [5.74, 6) is 1.08. The van der Waals surface area contributed by atoms with Crippen LogP contribution < -0.4 is 5.32 Å². The Kier molecular flexibility index (Phi) is 5.09. The quantitative estimate of drug-likeness (QED) is 0.839. The molecule has 1 saturated carbocycles. The van der Waals surface area contributed by atoms with E-state index in [0.717, 1.165) is 24.4 Å². The first kappa shape index (κ1) is 15.8. The van der Waals surface area contributed by atoms with E-state index in [1.807, 2.05) is 6.07 Å². The van der Waals surface area contributed by atoms with Crippen LogP contribution in [0, 0.1) is 17.7 Å². The molecule has 0 aromatic heterocycles. The summed E-state index contributed by atoms with van der Waals surface area (Å²) in [7, 11) is 0. The van der Waals surface area contributed by atoms with Crippen LogP contribution in [0.15, 0.2) is 18.2 Å². The predicted octanol–water partition coefficient (Wildman–Crippen LogP) is 4.83. The SMILES string of the molecule is CC(C)(C)NCC1CCCC1Cc1ccc(F)c(Cl)c1. The Hall–Kier alpha value is -0.600. The zero-order valence-corrected chi connectivity index (χ0v) is 13.4. The van der Waals surface area contributed by atoms with E-state index in [4.69, 9.17) is 11.6 Å². The van der Waals surface area contributed by atoms with Gasteiger partial charge in [-0.2, -0.15) is 0 Å². The van der Waals surface area contributed by atoms with Crippen molar-refractivity contribution >= 4 is 11.6 Å². The van der Waals surface area contributed by atoms with Crippen molar-refractivity contribution in [3.8, 4) is 0 Å². The molecule has 1 aliphatic rings. The molecule has 20 heavy (non-hydrogen) atoms. The van der Waals surface area contributed by atoms with Crippen LogP contribution in [-0.4, -0.2) is 12.1 Å². The van der Waals surface area contributed by atoms with Crippen LogP contribution in [0.3, 0.4) is 0 Å². The van der Waals surface area contributed by atoms with E-state index in [9.17, 15) is 4.39 Å². The number of benzene rings is 1. The number of hydrogen-bond donors (Lipinski definition) is 1. The molecule has 0 aliphatic heterocycles. The Labute approximate surface area is 126 Å². The minimum absolute atomic E-state index is 0.173. The summed E-state index contributed by atoms with van der Waals surface area (Å²) < 4.78 is 13.2. The van der Waals surface area contributed by atoms with Gasteiger partial charge in [0, 0.05) is 5.54 Å². The topological polar surface area (TPSA) is 12.0 Å². The van der Waals surface area contributed by atoms with E-state index >= 15 is 0 Å². The van der Waals surface area contributed by atoms with Crippen molar-refractivity contribution in [1.29, 1.82) is 0 Å². The molecule has 2 rings (SSSR count). The van der Waals surface area contributed by atoms with Crippen LogP contribution in [-0.2, 0) is 6.42 Å². The number of halogens is 2. The second-order valence-electron chi connectivity index (χ2n) is 7.03. The molecule has 0 radical (unpaired) electrons. The Morgan fingerprint density at radius 3 is 2.60 bits per heavy atom. The van der Waals surface area contributed by atoms with E-state index < -0.39 is 0 Å². The molecule has 0 amide bonds. The maximum Gasteiger partial charge on any atom is 0.141 e. The maximum absolute atomic E-state index is 13.2. The van der Waals surface area contributed by atoms with Crippen molar-refractivity contribution in [3.63, 3.8) is 0 Å². The van der Waals surface area contributed by atoms with Gasteiger partial charge >= 0.3 is 0 Å². The standard InChI is InChI=1S/C17H25ClFN/c1-17(2,3)20-11-14-6-4-5-13(14)9-12-7-8-16(19)15(18)10-12/h7-8,10,13-14,20H,4-6,9,11H2,1-3H3. The second kappa shape index (κ2) is 6.44. The molecule has 2 atom stereocenters. The Morgan fingerprint density at radius 1 is 1.25 bits per heavy atom. The lowest BCUT2D eigenvalue weighted by molar-refractivity contribution is 0.317. The molecule has 3 heteroatoms. The van der Waals surface area contributed by atoms with Crippen molar-refractivity contribution in [2.75, 3.05) is 6.54 Å². The second-order valence-corrected chi connectivity index (χ2v) is 7.44. The molecule has 0 bridgehead atoms. The fourth-order valence-corrected chi connectivity index (χ4v) is 3.26. The van der Waals surface area contributed by atoms with Gasteiger partial charge in [-0.25, -0.2) is 4.39 Å². The van der Waals surface area contributed by atoms with Gasteiger partial charge in [0.25, 0.3) is 0 Å². The lowest BCUT2D eigenvalue weighted by Crippen LogP contribution is -2.40. The molecule has 112 valence electrons. The Morgan fingerprint density at radius 2 is 1.95 bits per heavy atom. The van der Waals surface area contributed by atoms with E-state index in [1.165, 1.54) is 25.3 Å². The van der Waals surface area contributed by atoms with Crippen LogP contribution in [0.5, 0.6) is 0 Å². The average Bonchev–Trinajstić information content (AvgIpc) is 2.78. The molecular formula is C17H25ClFN. The molecule has 1 aromatic carbocycles. The summed E-state index contributed by atoms with van der Waals surface area (Å²) in [4.78, 5) is 0. The number of rotatable bonds is 4. The summed E-state index contributed by atoms with van der Waals surface area (Å²) in [6.45, 7) is 7.69. The summed E-state index contributed by atoms with van der Waals surface area (Å²) in [6, 6.07) is 5.13. The third-order valence-corrected chi connectivity index (χ3v) is 4.48. The van der Waals surface area contributed by atoms with Crippen LogP contribution in [0.25, 0.3) is 0 Å². The molecule has 0 saturated heterocycles. The highest BCUT2D eigenvalue weighted by atomic mass is 35.5. The normalized spacial score (nSPS) is 23.2. The van der Waals surface area contributed by atoms with Gasteiger partial charge in [-0.05, 0) is 76.1 Å². The van der Waals surface area contributed by atoms with Crippen molar-refractivity contribution in [3.05, 3.63) is 34.6 Å². The third-order valence-electron chi connectivity index (χ3n) is 4.19. The van der Waals surface area contributed by atoms with Gasteiger partial charge in [0.15, 0.2) is 0 Å². The highest BCUT2D eigenvalue weighted by molar-refractivity contribution is 6.30. The number of hydrogen-bond acceptors (Lipinski definition) is 1. The Balaban J connectivity index is 1.95. The van der Waals surface area contributed by atoms with Crippen molar-refractivity contribution < 1.29 is 4.39 Å². The van der Waals surface area contributed by atoms with Gasteiger partial charge in [-0.1, -0.05) is 24.1 Å². The fourth-order valence-electron chi connectivity index (χ4n) is 3.06.